The van der Waals surface area contributed by atoms with Crippen LogP contribution in [0.3, 0.4) is 0 Å². The molecule has 1 saturated carbocycles. The minimum Gasteiger partial charge on any atom is -0.353 e. The van der Waals surface area contributed by atoms with Crippen LogP contribution in [-0.4, -0.2) is 85.4 Å². The lowest BCUT2D eigenvalue weighted by molar-refractivity contribution is -0.134. The van der Waals surface area contributed by atoms with E-state index in [2.05, 4.69) is 22.2 Å². The van der Waals surface area contributed by atoms with E-state index in [-0.39, 0.29) is 17.7 Å². The lowest BCUT2D eigenvalue weighted by Crippen LogP contribution is -2.52. The van der Waals surface area contributed by atoms with Gasteiger partial charge in [-0.1, -0.05) is 6.42 Å². The second kappa shape index (κ2) is 7.62. The van der Waals surface area contributed by atoms with Crippen LogP contribution in [0.2, 0.25) is 0 Å². The van der Waals surface area contributed by atoms with Crippen molar-refractivity contribution in [2.75, 3.05) is 52.9 Å². The molecular weight excluding hydrogens is 292 g/mol. The first-order valence-electron chi connectivity index (χ1n) is 9.11. The molecule has 1 N–H and O–H groups in total. The number of likely N-dealkylation sites (tertiary alicyclic amines) is 1. The van der Waals surface area contributed by atoms with Gasteiger partial charge in [0.15, 0.2) is 0 Å². The molecule has 0 aromatic heterocycles. The van der Waals surface area contributed by atoms with E-state index in [1.54, 1.807) is 0 Å². The number of rotatable bonds is 4. The number of carbonyl (C=O) groups excluding carboxylic acids is 2. The Kier molecular flexibility index (Phi) is 5.54. The van der Waals surface area contributed by atoms with E-state index in [0.29, 0.717) is 12.6 Å². The zero-order valence-corrected chi connectivity index (χ0v) is 14.3. The van der Waals surface area contributed by atoms with Crippen LogP contribution < -0.4 is 5.32 Å². The van der Waals surface area contributed by atoms with Gasteiger partial charge >= 0.3 is 0 Å². The van der Waals surface area contributed by atoms with E-state index in [0.717, 1.165) is 65.0 Å². The zero-order valence-electron chi connectivity index (χ0n) is 14.3. The molecule has 130 valence electrons. The minimum absolute atomic E-state index is 0.253. The van der Waals surface area contributed by atoms with E-state index < -0.39 is 0 Å². The van der Waals surface area contributed by atoms with Gasteiger partial charge in [-0.3, -0.25) is 14.5 Å². The Balaban J connectivity index is 1.35. The van der Waals surface area contributed by atoms with Gasteiger partial charge in [0.05, 0.1) is 6.54 Å². The summed E-state index contributed by atoms with van der Waals surface area (Å²) in [6.45, 7) is 6.01. The summed E-state index contributed by atoms with van der Waals surface area (Å²) in [6.07, 6.45) is 5.25. The molecule has 3 rings (SSSR count). The third-order valence-electron chi connectivity index (χ3n) is 5.62. The van der Waals surface area contributed by atoms with Gasteiger partial charge in [-0.25, -0.2) is 0 Å². The summed E-state index contributed by atoms with van der Waals surface area (Å²) in [7, 11) is 2.10. The van der Waals surface area contributed by atoms with Gasteiger partial charge < -0.3 is 15.1 Å². The Morgan fingerprint density at radius 3 is 2.17 bits per heavy atom. The van der Waals surface area contributed by atoms with Crippen molar-refractivity contribution in [2.45, 2.75) is 38.1 Å². The maximum Gasteiger partial charge on any atom is 0.236 e. The van der Waals surface area contributed by atoms with Crippen LogP contribution >= 0.6 is 0 Å². The summed E-state index contributed by atoms with van der Waals surface area (Å²) < 4.78 is 0. The highest BCUT2D eigenvalue weighted by atomic mass is 16.2. The summed E-state index contributed by atoms with van der Waals surface area (Å²) >= 11 is 0. The van der Waals surface area contributed by atoms with Crippen LogP contribution in [0.15, 0.2) is 0 Å². The van der Waals surface area contributed by atoms with Crippen LogP contribution in [0.1, 0.15) is 32.1 Å². The fraction of sp³-hybridized carbons (Fsp3) is 0.882. The highest BCUT2D eigenvalue weighted by molar-refractivity contribution is 5.79. The van der Waals surface area contributed by atoms with Crippen molar-refractivity contribution in [1.29, 1.82) is 0 Å². The van der Waals surface area contributed by atoms with Crippen molar-refractivity contribution < 1.29 is 9.59 Å². The highest BCUT2D eigenvalue weighted by Gasteiger charge is 2.29. The summed E-state index contributed by atoms with van der Waals surface area (Å²) in [5.41, 5.74) is 0. The van der Waals surface area contributed by atoms with E-state index in [4.69, 9.17) is 0 Å². The molecule has 0 radical (unpaired) electrons. The molecule has 2 saturated heterocycles. The van der Waals surface area contributed by atoms with Gasteiger partial charge in [0.2, 0.25) is 11.8 Å². The van der Waals surface area contributed by atoms with Crippen molar-refractivity contribution in [3.05, 3.63) is 0 Å². The fourth-order valence-corrected chi connectivity index (χ4v) is 3.57. The number of nitrogens with zero attached hydrogens (tertiary/aromatic N) is 3. The quantitative estimate of drug-likeness (QED) is 0.800. The molecular formula is C17H30N4O2. The summed E-state index contributed by atoms with van der Waals surface area (Å²) in [4.78, 5) is 30.9. The normalized spacial score (nSPS) is 25.2. The molecule has 2 heterocycles. The van der Waals surface area contributed by atoms with Crippen LogP contribution in [0.5, 0.6) is 0 Å². The van der Waals surface area contributed by atoms with E-state index in [1.165, 1.54) is 6.42 Å². The van der Waals surface area contributed by atoms with E-state index >= 15 is 0 Å². The number of hydrogen-bond donors (Lipinski definition) is 1. The Hall–Kier alpha value is -1.14. The molecule has 6 nitrogen and oxygen atoms in total. The molecule has 0 bridgehead atoms. The lowest BCUT2D eigenvalue weighted by atomic mass is 9.84. The molecule has 6 heteroatoms. The van der Waals surface area contributed by atoms with Gasteiger partial charge in [0, 0.05) is 51.2 Å². The van der Waals surface area contributed by atoms with Gasteiger partial charge in [0.1, 0.15) is 0 Å². The van der Waals surface area contributed by atoms with Crippen molar-refractivity contribution in [2.24, 2.45) is 5.92 Å². The number of hydrogen-bond acceptors (Lipinski definition) is 4. The van der Waals surface area contributed by atoms with Crippen molar-refractivity contribution in [1.82, 2.24) is 20.0 Å². The monoisotopic (exact) mass is 322 g/mol. The molecule has 0 spiro atoms. The van der Waals surface area contributed by atoms with Crippen LogP contribution in [0, 0.1) is 5.92 Å². The number of amides is 2. The first kappa shape index (κ1) is 16.7. The molecule has 0 aromatic rings. The Morgan fingerprint density at radius 2 is 1.61 bits per heavy atom. The van der Waals surface area contributed by atoms with Gasteiger partial charge in [-0.2, -0.15) is 0 Å². The summed E-state index contributed by atoms with van der Waals surface area (Å²) in [5.74, 6) is 0.783. The Morgan fingerprint density at radius 1 is 0.957 bits per heavy atom. The van der Waals surface area contributed by atoms with E-state index in [9.17, 15) is 9.59 Å². The predicted octanol–water partition coefficient (Wildman–Crippen LogP) is 0.141. The number of piperidine rings is 1. The molecule has 2 amide bonds. The maximum atomic E-state index is 12.4. The number of nitrogens with one attached hydrogen (secondary N) is 1. The summed E-state index contributed by atoms with van der Waals surface area (Å²) in [6, 6.07) is 0.304. The fourth-order valence-electron chi connectivity index (χ4n) is 3.57. The van der Waals surface area contributed by atoms with Crippen molar-refractivity contribution in [3.8, 4) is 0 Å². The molecule has 2 aliphatic heterocycles. The Bertz CT molecular complexity index is 422. The third-order valence-corrected chi connectivity index (χ3v) is 5.62. The maximum absolute atomic E-state index is 12.4. The number of piperazine rings is 1. The lowest BCUT2D eigenvalue weighted by Gasteiger charge is -2.36. The largest absolute Gasteiger partial charge is 0.353 e. The third kappa shape index (κ3) is 4.44. The van der Waals surface area contributed by atoms with Gasteiger partial charge in [-0.05, 0) is 32.7 Å². The average molecular weight is 322 g/mol. The molecule has 23 heavy (non-hydrogen) atoms. The summed E-state index contributed by atoms with van der Waals surface area (Å²) in [5, 5.41) is 3.20. The van der Waals surface area contributed by atoms with Gasteiger partial charge in [0.25, 0.3) is 0 Å². The standard InChI is InChI=1S/C17H30N4O2/c1-19-9-11-21(12-10-19)16(22)13-20-7-5-15(6-8-20)18-17(23)14-3-2-4-14/h14-15H,2-13H2,1H3,(H,18,23). The highest BCUT2D eigenvalue weighted by Crippen LogP contribution is 2.26. The molecule has 0 unspecified atom stereocenters. The number of carbonyl (C=O) groups is 2. The molecule has 0 aromatic carbocycles. The SMILES string of the molecule is CN1CCN(C(=O)CN2CCC(NC(=O)C3CCC3)CC2)CC1. The Labute approximate surface area is 139 Å². The van der Waals surface area contributed by atoms with Crippen molar-refractivity contribution >= 4 is 11.8 Å². The second-order valence-corrected chi connectivity index (χ2v) is 7.37. The molecule has 1 aliphatic carbocycles. The van der Waals surface area contributed by atoms with Crippen molar-refractivity contribution in [3.63, 3.8) is 0 Å². The first-order chi connectivity index (χ1) is 11.1. The first-order valence-corrected chi connectivity index (χ1v) is 9.11. The molecule has 3 aliphatic rings. The van der Waals surface area contributed by atoms with Crippen LogP contribution in [0.4, 0.5) is 0 Å². The van der Waals surface area contributed by atoms with Crippen LogP contribution in [-0.2, 0) is 9.59 Å². The smallest absolute Gasteiger partial charge is 0.236 e. The average Bonchev–Trinajstić information content (AvgIpc) is 2.48. The predicted molar refractivity (Wildman–Crippen MR) is 89.0 cm³/mol. The number of likely N-dealkylation sites (N-methyl/N-ethyl adjacent to an activating group) is 1. The van der Waals surface area contributed by atoms with Gasteiger partial charge in [-0.15, -0.1) is 0 Å². The molecule has 3 fully saturated rings. The topological polar surface area (TPSA) is 55.9 Å². The zero-order chi connectivity index (χ0) is 16.2. The second-order valence-electron chi connectivity index (χ2n) is 7.37. The van der Waals surface area contributed by atoms with Crippen LogP contribution in [0.25, 0.3) is 0 Å². The minimum atomic E-state index is 0.253. The molecule has 0 atom stereocenters. The van der Waals surface area contributed by atoms with E-state index in [1.807, 2.05) is 4.90 Å².